The highest BCUT2D eigenvalue weighted by Gasteiger charge is 2.60. The molecule has 4 atom stereocenters. The molecule has 0 radical (unpaired) electrons. The Kier molecular flexibility index (Phi) is 4.71. The normalized spacial score (nSPS) is 25.3. The van der Waals surface area contributed by atoms with E-state index in [9.17, 15) is 14.4 Å². The number of aryl methyl sites for hydroxylation is 1. The Bertz CT molecular complexity index is 1400. The minimum absolute atomic E-state index is 0.330. The first-order valence-corrected chi connectivity index (χ1v) is 11.5. The van der Waals surface area contributed by atoms with Crippen LogP contribution < -0.4 is 9.64 Å². The first-order chi connectivity index (χ1) is 16.4. The third-order valence-corrected chi connectivity index (χ3v) is 7.24. The van der Waals surface area contributed by atoms with Gasteiger partial charge in [-0.25, -0.2) is 4.90 Å². The fraction of sp³-hybridized carbons (Fsp3) is 0.179. The van der Waals surface area contributed by atoms with Gasteiger partial charge in [0.05, 0.1) is 23.4 Å². The number of amides is 2. The average molecular weight is 470 g/mol. The Labute approximate surface area is 201 Å². The number of ether oxygens (including phenoxy) is 1. The first-order valence-electron chi connectivity index (χ1n) is 11.2. The van der Waals surface area contributed by atoms with E-state index in [0.717, 1.165) is 22.3 Å². The van der Waals surface area contributed by atoms with Crippen molar-refractivity contribution in [3.63, 3.8) is 0 Å². The summed E-state index contributed by atoms with van der Waals surface area (Å²) in [6.07, 6.45) is 1.99. The van der Waals surface area contributed by atoms with Crippen LogP contribution in [0.1, 0.15) is 22.6 Å². The summed E-state index contributed by atoms with van der Waals surface area (Å²) >= 11 is 6.17. The van der Waals surface area contributed by atoms with Crippen molar-refractivity contribution in [2.24, 2.45) is 17.8 Å². The summed E-state index contributed by atoms with van der Waals surface area (Å²) in [5.41, 5.74) is 3.83. The molecule has 0 N–H and O–H groups in total. The SMILES string of the molecule is Cc1ccc2c(c1)OC(=O)[C@@H]1C2=C[C@H](c2ccccc2)[C@H]2C(=O)N(c3cccc(Cl)c3)C(=O)[C@@H]12. The summed E-state index contributed by atoms with van der Waals surface area (Å²) in [7, 11) is 0. The Morgan fingerprint density at radius 3 is 2.38 bits per heavy atom. The number of anilines is 1. The molecule has 0 unspecified atom stereocenters. The third kappa shape index (κ3) is 3.04. The van der Waals surface area contributed by atoms with Gasteiger partial charge < -0.3 is 4.74 Å². The second-order valence-corrected chi connectivity index (χ2v) is 9.44. The molecule has 0 saturated carbocycles. The van der Waals surface area contributed by atoms with Crippen LogP contribution in [-0.4, -0.2) is 17.8 Å². The lowest BCUT2D eigenvalue weighted by atomic mass is 9.64. The summed E-state index contributed by atoms with van der Waals surface area (Å²) in [6.45, 7) is 1.93. The van der Waals surface area contributed by atoms with E-state index in [4.69, 9.17) is 16.3 Å². The van der Waals surface area contributed by atoms with Crippen molar-refractivity contribution in [1.82, 2.24) is 0 Å². The number of esters is 1. The van der Waals surface area contributed by atoms with Crippen LogP contribution in [0, 0.1) is 24.7 Å². The second-order valence-electron chi connectivity index (χ2n) is 9.00. The van der Waals surface area contributed by atoms with Gasteiger partial charge in [-0.3, -0.25) is 14.4 Å². The van der Waals surface area contributed by atoms with Gasteiger partial charge in [0.15, 0.2) is 0 Å². The molecule has 6 heteroatoms. The minimum Gasteiger partial charge on any atom is -0.425 e. The Hall–Kier alpha value is -3.70. The summed E-state index contributed by atoms with van der Waals surface area (Å²) < 4.78 is 5.69. The van der Waals surface area contributed by atoms with Gasteiger partial charge in [-0.1, -0.05) is 66.2 Å². The van der Waals surface area contributed by atoms with Crippen LogP contribution in [0.4, 0.5) is 5.69 Å². The molecule has 3 aromatic carbocycles. The number of hydrogen-bond donors (Lipinski definition) is 0. The zero-order valence-electron chi connectivity index (χ0n) is 18.3. The highest BCUT2D eigenvalue weighted by Crippen LogP contribution is 2.54. The van der Waals surface area contributed by atoms with Gasteiger partial charge in [-0.2, -0.15) is 0 Å². The minimum atomic E-state index is -0.862. The monoisotopic (exact) mass is 469 g/mol. The lowest BCUT2D eigenvalue weighted by molar-refractivity contribution is -0.142. The number of benzene rings is 3. The quantitative estimate of drug-likeness (QED) is 0.295. The van der Waals surface area contributed by atoms with Gasteiger partial charge in [0.1, 0.15) is 5.75 Å². The molecule has 6 rings (SSSR count). The standard InChI is InChI=1S/C28H20ClNO4/c1-15-10-11-19-21-14-20(16-6-3-2-4-7-16)23-25(24(21)28(33)34-22(19)12-15)27(32)30(26(23)31)18-9-5-8-17(29)13-18/h2-14,20,23-25H,1H3/t20-,23-,24-,25-/m1/s1. The Morgan fingerprint density at radius 1 is 0.853 bits per heavy atom. The molecule has 1 saturated heterocycles. The molecule has 3 aromatic rings. The molecule has 2 amide bonds. The van der Waals surface area contributed by atoms with Gasteiger partial charge in [0.25, 0.3) is 0 Å². The fourth-order valence-corrected chi connectivity index (χ4v) is 5.72. The number of halogens is 1. The van der Waals surface area contributed by atoms with Crippen molar-refractivity contribution in [2.75, 3.05) is 4.90 Å². The molecule has 3 aliphatic rings. The molecule has 168 valence electrons. The number of nitrogens with zero attached hydrogens (tertiary/aromatic N) is 1. The number of hydrogen-bond acceptors (Lipinski definition) is 4. The Morgan fingerprint density at radius 2 is 1.62 bits per heavy atom. The molecule has 0 spiro atoms. The van der Waals surface area contributed by atoms with Crippen LogP contribution in [0.2, 0.25) is 5.02 Å². The molecule has 1 aliphatic carbocycles. The number of carbonyl (C=O) groups excluding carboxylic acids is 3. The zero-order chi connectivity index (χ0) is 23.6. The van der Waals surface area contributed by atoms with Crippen molar-refractivity contribution >= 4 is 40.6 Å². The average Bonchev–Trinajstić information content (AvgIpc) is 3.09. The summed E-state index contributed by atoms with van der Waals surface area (Å²) in [4.78, 5) is 42.1. The van der Waals surface area contributed by atoms with E-state index in [2.05, 4.69) is 0 Å². The maximum absolute atomic E-state index is 13.8. The highest BCUT2D eigenvalue weighted by molar-refractivity contribution is 6.31. The Balaban J connectivity index is 1.56. The predicted octanol–water partition coefficient (Wildman–Crippen LogP) is 5.17. The molecule has 2 aliphatic heterocycles. The van der Waals surface area contributed by atoms with Gasteiger partial charge in [0.2, 0.25) is 11.8 Å². The van der Waals surface area contributed by atoms with E-state index in [-0.39, 0.29) is 11.8 Å². The number of rotatable bonds is 2. The number of imide groups is 1. The molecular weight excluding hydrogens is 450 g/mol. The van der Waals surface area contributed by atoms with E-state index in [1.165, 1.54) is 4.90 Å². The molecule has 0 bridgehead atoms. The van der Waals surface area contributed by atoms with Gasteiger partial charge in [-0.15, -0.1) is 0 Å². The van der Waals surface area contributed by atoms with Crippen molar-refractivity contribution in [3.8, 4) is 5.75 Å². The fourth-order valence-electron chi connectivity index (χ4n) is 5.54. The van der Waals surface area contributed by atoms with E-state index in [1.54, 1.807) is 24.3 Å². The predicted molar refractivity (Wildman–Crippen MR) is 128 cm³/mol. The topological polar surface area (TPSA) is 63.7 Å². The molecule has 34 heavy (non-hydrogen) atoms. The van der Waals surface area contributed by atoms with Crippen LogP contribution >= 0.6 is 11.6 Å². The van der Waals surface area contributed by atoms with Crippen LogP contribution in [0.15, 0.2) is 78.9 Å². The van der Waals surface area contributed by atoms with Crippen LogP contribution in [0.25, 0.3) is 5.57 Å². The van der Waals surface area contributed by atoms with Crippen LogP contribution in [0.5, 0.6) is 5.75 Å². The van der Waals surface area contributed by atoms with E-state index < -0.39 is 29.6 Å². The number of allylic oxidation sites excluding steroid dienone is 1. The van der Waals surface area contributed by atoms with Gasteiger partial charge >= 0.3 is 5.97 Å². The second kappa shape index (κ2) is 7.67. The maximum atomic E-state index is 13.8. The maximum Gasteiger partial charge on any atom is 0.319 e. The van der Waals surface area contributed by atoms with Gasteiger partial charge in [0, 0.05) is 16.5 Å². The van der Waals surface area contributed by atoms with E-state index in [0.29, 0.717) is 16.5 Å². The summed E-state index contributed by atoms with van der Waals surface area (Å²) in [6, 6.07) is 22.0. The van der Waals surface area contributed by atoms with E-state index >= 15 is 0 Å². The number of carbonyl (C=O) groups is 3. The van der Waals surface area contributed by atoms with Crippen LogP contribution in [0.3, 0.4) is 0 Å². The van der Waals surface area contributed by atoms with E-state index in [1.807, 2.05) is 61.5 Å². The lowest BCUT2D eigenvalue weighted by Crippen LogP contribution is -2.42. The zero-order valence-corrected chi connectivity index (χ0v) is 19.0. The van der Waals surface area contributed by atoms with Crippen LogP contribution in [-0.2, 0) is 14.4 Å². The molecular formula is C28H20ClNO4. The summed E-state index contributed by atoms with van der Waals surface area (Å²) in [5, 5.41) is 0.424. The molecule has 5 nitrogen and oxygen atoms in total. The van der Waals surface area contributed by atoms with Crippen molar-refractivity contribution < 1.29 is 19.1 Å². The molecule has 2 heterocycles. The largest absolute Gasteiger partial charge is 0.425 e. The summed E-state index contributed by atoms with van der Waals surface area (Å²) in [5.74, 6) is -3.54. The third-order valence-electron chi connectivity index (χ3n) is 7.00. The van der Waals surface area contributed by atoms with Crippen molar-refractivity contribution in [3.05, 3.63) is 101 Å². The smallest absolute Gasteiger partial charge is 0.319 e. The van der Waals surface area contributed by atoms with Crippen molar-refractivity contribution in [2.45, 2.75) is 12.8 Å². The molecule has 1 fully saturated rings. The first kappa shape index (κ1) is 20.9. The van der Waals surface area contributed by atoms with Gasteiger partial charge in [-0.05, 0) is 47.9 Å². The highest BCUT2D eigenvalue weighted by atomic mass is 35.5. The van der Waals surface area contributed by atoms with Crippen molar-refractivity contribution in [1.29, 1.82) is 0 Å². The lowest BCUT2D eigenvalue weighted by Gasteiger charge is -2.38. The number of fused-ring (bicyclic) bond motifs is 5. The molecule has 0 aromatic heterocycles.